The summed E-state index contributed by atoms with van der Waals surface area (Å²) in [6, 6.07) is 9.24. The van der Waals surface area contributed by atoms with Crippen LogP contribution >= 0.6 is 23.2 Å². The molecular formula is C31H29Cl2FN2O6. The van der Waals surface area contributed by atoms with Crippen LogP contribution in [0.2, 0.25) is 0 Å². The van der Waals surface area contributed by atoms with Crippen LogP contribution in [0.5, 0.6) is 11.5 Å². The number of benzene rings is 2. The van der Waals surface area contributed by atoms with Crippen LogP contribution < -0.4 is 9.64 Å². The number of fused-ring (bicyclic) bond motifs is 4. The lowest BCUT2D eigenvalue weighted by Crippen LogP contribution is -2.60. The van der Waals surface area contributed by atoms with Crippen molar-refractivity contribution in [2.45, 2.75) is 54.8 Å². The number of ether oxygens (including phenoxy) is 1. The van der Waals surface area contributed by atoms with E-state index in [0.717, 1.165) is 17.0 Å². The summed E-state index contributed by atoms with van der Waals surface area (Å²) in [5, 5.41) is 11.1. The number of nitrogens with zero attached hydrogens (tertiary/aromatic N) is 2. The van der Waals surface area contributed by atoms with Crippen LogP contribution in [0, 0.1) is 23.6 Å². The van der Waals surface area contributed by atoms with Gasteiger partial charge < -0.3 is 9.84 Å². The van der Waals surface area contributed by atoms with Crippen LogP contribution in [0.25, 0.3) is 0 Å². The zero-order valence-electron chi connectivity index (χ0n) is 23.4. The summed E-state index contributed by atoms with van der Waals surface area (Å²) in [6.45, 7) is 5.33. The van der Waals surface area contributed by atoms with Gasteiger partial charge in [0.2, 0.25) is 11.8 Å². The highest BCUT2D eigenvalue weighted by Crippen LogP contribution is 2.66. The van der Waals surface area contributed by atoms with E-state index in [1.54, 1.807) is 26.8 Å². The quantitative estimate of drug-likeness (QED) is 0.299. The molecular weight excluding hydrogens is 586 g/mol. The van der Waals surface area contributed by atoms with E-state index in [1.165, 1.54) is 42.3 Å². The molecule has 2 aromatic rings. The third-order valence-electron chi connectivity index (χ3n) is 9.11. The number of carbonyl (C=O) groups excluding carboxylic acids is 4. The number of anilines is 1. The van der Waals surface area contributed by atoms with Gasteiger partial charge in [-0.15, -0.1) is 23.2 Å². The van der Waals surface area contributed by atoms with E-state index < -0.39 is 56.6 Å². The number of amides is 4. The molecule has 42 heavy (non-hydrogen) atoms. The molecule has 1 saturated carbocycles. The Balaban J connectivity index is 1.58. The third-order valence-corrected chi connectivity index (χ3v) is 10.5. The van der Waals surface area contributed by atoms with E-state index in [0.29, 0.717) is 11.3 Å². The molecule has 11 heteroatoms. The summed E-state index contributed by atoms with van der Waals surface area (Å²) in [7, 11) is 1.44. The van der Waals surface area contributed by atoms with E-state index in [4.69, 9.17) is 27.9 Å². The smallest absolute Gasteiger partial charge is 0.258 e. The summed E-state index contributed by atoms with van der Waals surface area (Å²) < 4.78 is 19.2. The zero-order chi connectivity index (χ0) is 30.5. The maximum Gasteiger partial charge on any atom is 0.258 e. The van der Waals surface area contributed by atoms with Crippen molar-refractivity contribution < 1.29 is 33.4 Å². The van der Waals surface area contributed by atoms with Gasteiger partial charge in [0, 0.05) is 17.0 Å². The van der Waals surface area contributed by atoms with Crippen LogP contribution in [0.4, 0.5) is 10.1 Å². The fourth-order valence-corrected chi connectivity index (χ4v) is 8.22. The first-order valence-corrected chi connectivity index (χ1v) is 14.4. The lowest BCUT2D eigenvalue weighted by Gasteiger charge is -2.50. The number of carbonyl (C=O) groups is 4. The molecule has 4 aliphatic rings. The van der Waals surface area contributed by atoms with E-state index in [1.807, 2.05) is 0 Å². The van der Waals surface area contributed by atoms with Crippen molar-refractivity contribution in [3.8, 4) is 11.5 Å². The number of phenolic OH excluding ortho intramolecular Hbond substituents is 1. The molecule has 6 rings (SSSR count). The van der Waals surface area contributed by atoms with Gasteiger partial charge in [0.25, 0.3) is 11.8 Å². The highest BCUT2D eigenvalue weighted by molar-refractivity contribution is 6.58. The third kappa shape index (κ3) is 3.65. The highest BCUT2D eigenvalue weighted by Gasteiger charge is 2.77. The Kier molecular flexibility index (Phi) is 6.34. The maximum atomic E-state index is 14.3. The Labute approximate surface area is 252 Å². The second kappa shape index (κ2) is 9.28. The number of alkyl halides is 2. The number of phenols is 1. The SMILES string of the molecule is COc1ccc(O)c(C2C3=CCC4C(=O)N(C(C)(C)C)C(=O)C4C3CC3(Cl)C(=O)N(c4ccc(F)cc4)C(=O)C23Cl)c1. The fraction of sp³-hybridized carbons (Fsp3) is 0.419. The minimum atomic E-state index is -2.14. The van der Waals surface area contributed by atoms with E-state index in [-0.39, 0.29) is 41.7 Å². The Morgan fingerprint density at radius 3 is 2.26 bits per heavy atom. The first kappa shape index (κ1) is 28.7. The van der Waals surface area contributed by atoms with Gasteiger partial charge in [0.15, 0.2) is 9.75 Å². The Morgan fingerprint density at radius 2 is 1.64 bits per heavy atom. The minimum absolute atomic E-state index is 0.0790. The van der Waals surface area contributed by atoms with Crippen molar-refractivity contribution in [2.24, 2.45) is 17.8 Å². The first-order chi connectivity index (χ1) is 19.7. The largest absolute Gasteiger partial charge is 0.508 e. The molecule has 6 atom stereocenters. The highest BCUT2D eigenvalue weighted by atomic mass is 35.5. The van der Waals surface area contributed by atoms with Gasteiger partial charge in [-0.25, -0.2) is 9.29 Å². The van der Waals surface area contributed by atoms with Gasteiger partial charge in [-0.2, -0.15) is 0 Å². The Morgan fingerprint density at radius 1 is 0.976 bits per heavy atom. The lowest BCUT2D eigenvalue weighted by molar-refractivity contribution is -0.145. The number of rotatable bonds is 3. The van der Waals surface area contributed by atoms with Crippen LogP contribution in [-0.4, -0.2) is 56.0 Å². The molecule has 2 aliphatic heterocycles. The molecule has 3 fully saturated rings. The van der Waals surface area contributed by atoms with Crippen LogP contribution in [0.3, 0.4) is 0 Å². The molecule has 2 heterocycles. The van der Waals surface area contributed by atoms with E-state index in [9.17, 15) is 28.7 Å². The van der Waals surface area contributed by atoms with Gasteiger partial charge in [0.1, 0.15) is 17.3 Å². The standard InChI is InChI=1S/C31H29Cl2FN2O6/c1-29(2,3)36-25(38)19-11-10-18-21(23(19)26(36)39)14-30(32)27(40)35(16-7-5-15(34)6-8-16)28(41)31(30,33)24(18)20-13-17(42-4)9-12-22(20)37/h5-10,12-13,19,21,23-24,37H,11,14H2,1-4H3. The molecule has 8 nitrogen and oxygen atoms in total. The topological polar surface area (TPSA) is 104 Å². The van der Waals surface area contributed by atoms with Crippen molar-refractivity contribution in [3.05, 3.63) is 65.5 Å². The average Bonchev–Trinajstić information content (AvgIpc) is 3.28. The number of hydrogen-bond donors (Lipinski definition) is 1. The van der Waals surface area contributed by atoms with Crippen molar-refractivity contribution in [1.82, 2.24) is 4.90 Å². The summed E-state index contributed by atoms with van der Waals surface area (Å²) in [4.78, 5) is 53.9. The lowest BCUT2D eigenvalue weighted by atomic mass is 9.56. The molecule has 0 radical (unpaired) electrons. The number of hydrogen-bond acceptors (Lipinski definition) is 6. The van der Waals surface area contributed by atoms with Gasteiger partial charge in [-0.1, -0.05) is 11.6 Å². The second-order valence-corrected chi connectivity index (χ2v) is 13.6. The van der Waals surface area contributed by atoms with Crippen molar-refractivity contribution >= 4 is 52.5 Å². The molecule has 4 amide bonds. The molecule has 0 aromatic heterocycles. The van der Waals surface area contributed by atoms with Gasteiger partial charge >= 0.3 is 0 Å². The Bertz CT molecular complexity index is 1590. The molecule has 2 aromatic carbocycles. The first-order valence-electron chi connectivity index (χ1n) is 13.6. The van der Waals surface area contributed by atoms with Crippen LogP contribution in [0.1, 0.15) is 45.1 Å². The fourth-order valence-electron chi connectivity index (χ4n) is 7.30. The van der Waals surface area contributed by atoms with Crippen molar-refractivity contribution in [2.75, 3.05) is 12.0 Å². The maximum absolute atomic E-state index is 14.3. The molecule has 0 spiro atoms. The Hall–Kier alpha value is -3.43. The van der Waals surface area contributed by atoms with Crippen LogP contribution in [0.15, 0.2) is 54.1 Å². The summed E-state index contributed by atoms with van der Waals surface area (Å²) in [6.07, 6.45) is 1.80. The number of halogens is 3. The van der Waals surface area contributed by atoms with Gasteiger partial charge in [-0.3, -0.25) is 24.1 Å². The molecule has 2 aliphatic carbocycles. The monoisotopic (exact) mass is 614 g/mol. The normalized spacial score (nSPS) is 32.5. The number of likely N-dealkylation sites (tertiary alicyclic amines) is 1. The molecule has 220 valence electrons. The van der Waals surface area contributed by atoms with E-state index in [2.05, 4.69) is 0 Å². The number of aromatic hydroxyl groups is 1. The summed E-state index contributed by atoms with van der Waals surface area (Å²) >= 11 is 14.6. The van der Waals surface area contributed by atoms with Crippen molar-refractivity contribution in [3.63, 3.8) is 0 Å². The second-order valence-electron chi connectivity index (χ2n) is 12.4. The van der Waals surface area contributed by atoms with Crippen molar-refractivity contribution in [1.29, 1.82) is 0 Å². The average molecular weight is 615 g/mol. The summed E-state index contributed by atoms with van der Waals surface area (Å²) in [5.74, 6) is -6.18. The molecule has 2 saturated heterocycles. The molecule has 0 bridgehead atoms. The number of methoxy groups -OCH3 is 1. The predicted octanol–water partition coefficient (Wildman–Crippen LogP) is 4.90. The molecule has 6 unspecified atom stereocenters. The van der Waals surface area contributed by atoms with Gasteiger partial charge in [0.05, 0.1) is 24.6 Å². The van der Waals surface area contributed by atoms with Crippen LogP contribution in [-0.2, 0) is 19.2 Å². The minimum Gasteiger partial charge on any atom is -0.508 e. The van der Waals surface area contributed by atoms with E-state index >= 15 is 0 Å². The van der Waals surface area contributed by atoms with Gasteiger partial charge in [-0.05, 0) is 82.0 Å². The summed E-state index contributed by atoms with van der Waals surface area (Å²) in [5.41, 5.74) is 0.0360. The number of allylic oxidation sites excluding steroid dienone is 2. The molecule has 1 N–H and O–H groups in total. The number of imide groups is 2. The predicted molar refractivity (Wildman–Crippen MR) is 153 cm³/mol. The zero-order valence-corrected chi connectivity index (χ0v) is 24.9.